The van der Waals surface area contributed by atoms with Crippen molar-refractivity contribution in [2.75, 3.05) is 25.6 Å². The molecule has 2 amide bonds. The summed E-state index contributed by atoms with van der Waals surface area (Å²) in [6.07, 6.45) is 3.01. The number of carbonyl (C=O) groups is 2. The van der Waals surface area contributed by atoms with Crippen molar-refractivity contribution >= 4 is 52.5 Å². The van der Waals surface area contributed by atoms with Gasteiger partial charge in [0.1, 0.15) is 0 Å². The van der Waals surface area contributed by atoms with Crippen LogP contribution in [0.1, 0.15) is 15.9 Å². The van der Waals surface area contributed by atoms with Crippen molar-refractivity contribution in [2.24, 2.45) is 0 Å². The Morgan fingerprint density at radius 3 is 2.57 bits per heavy atom. The summed E-state index contributed by atoms with van der Waals surface area (Å²) in [6.45, 7) is 0.802. The minimum atomic E-state index is -0.394. The molecule has 6 nitrogen and oxygen atoms in total. The van der Waals surface area contributed by atoms with E-state index in [0.29, 0.717) is 29.4 Å². The molecule has 8 heteroatoms. The Morgan fingerprint density at radius 1 is 1.14 bits per heavy atom. The van der Waals surface area contributed by atoms with E-state index in [1.165, 1.54) is 6.08 Å². The van der Waals surface area contributed by atoms with Crippen molar-refractivity contribution in [3.05, 3.63) is 70.8 Å². The minimum Gasteiger partial charge on any atom is -0.383 e. The van der Waals surface area contributed by atoms with Gasteiger partial charge in [0.2, 0.25) is 5.91 Å². The molecular weight excluding hydrogens is 398 g/mol. The molecule has 0 aliphatic carbocycles. The number of hydrogen-bond donors (Lipinski definition) is 3. The number of hydrogen-bond acceptors (Lipinski definition) is 4. The third kappa shape index (κ3) is 7.11. The number of methoxy groups -OCH3 is 1. The molecule has 0 radical (unpaired) electrons. The third-order valence-electron chi connectivity index (χ3n) is 3.55. The Bertz CT molecular complexity index is 869. The lowest BCUT2D eigenvalue weighted by molar-refractivity contribution is -0.115. The maximum Gasteiger partial charge on any atom is 0.253 e. The molecule has 0 spiro atoms. The molecule has 2 aromatic carbocycles. The molecule has 0 saturated heterocycles. The van der Waals surface area contributed by atoms with Gasteiger partial charge in [0, 0.05) is 24.8 Å². The Morgan fingerprint density at radius 2 is 1.86 bits per heavy atom. The summed E-state index contributed by atoms with van der Waals surface area (Å²) in [6, 6.07) is 13.9. The Hall–Kier alpha value is -2.74. The summed E-state index contributed by atoms with van der Waals surface area (Å²) in [4.78, 5) is 24.3. The lowest BCUT2D eigenvalue weighted by Crippen LogP contribution is -2.34. The molecule has 0 aliphatic rings. The van der Waals surface area contributed by atoms with Crippen molar-refractivity contribution in [3.63, 3.8) is 0 Å². The quantitative estimate of drug-likeness (QED) is 0.366. The molecule has 0 fully saturated rings. The Kier molecular flexibility index (Phi) is 8.61. The first-order valence-corrected chi connectivity index (χ1v) is 9.20. The van der Waals surface area contributed by atoms with Gasteiger partial charge in [-0.3, -0.25) is 14.9 Å². The highest BCUT2D eigenvalue weighted by Gasteiger charge is 2.12. The van der Waals surface area contributed by atoms with E-state index in [4.69, 9.17) is 28.6 Å². The topological polar surface area (TPSA) is 79.5 Å². The predicted molar refractivity (Wildman–Crippen MR) is 116 cm³/mol. The van der Waals surface area contributed by atoms with Gasteiger partial charge in [0.25, 0.3) is 5.91 Å². The van der Waals surface area contributed by atoms with Gasteiger partial charge in [-0.15, -0.1) is 0 Å². The van der Waals surface area contributed by atoms with Crippen molar-refractivity contribution in [1.29, 1.82) is 0 Å². The summed E-state index contributed by atoms with van der Waals surface area (Å²) >= 11 is 11.0. The van der Waals surface area contributed by atoms with E-state index in [0.717, 1.165) is 5.56 Å². The predicted octanol–water partition coefficient (Wildman–Crippen LogP) is 3.24. The lowest BCUT2D eigenvalue weighted by Gasteiger charge is -2.13. The first kappa shape index (κ1) is 21.6. The largest absolute Gasteiger partial charge is 0.383 e. The lowest BCUT2D eigenvalue weighted by atomic mass is 10.1. The number of thiocarbonyl (C=S) groups is 1. The van der Waals surface area contributed by atoms with E-state index in [2.05, 4.69) is 16.0 Å². The van der Waals surface area contributed by atoms with Gasteiger partial charge in [-0.05, 0) is 48.1 Å². The van der Waals surface area contributed by atoms with Crippen molar-refractivity contribution in [1.82, 2.24) is 10.6 Å². The number of ether oxygens (including phenoxy) is 1. The molecule has 0 saturated carbocycles. The number of rotatable bonds is 7. The molecule has 2 aromatic rings. The molecular formula is C20H20ClN3O3S. The maximum atomic E-state index is 12.3. The average molecular weight is 418 g/mol. The summed E-state index contributed by atoms with van der Waals surface area (Å²) in [5, 5.41) is 8.87. The van der Waals surface area contributed by atoms with Crippen LogP contribution in [0.3, 0.4) is 0 Å². The molecule has 0 atom stereocenters. The van der Waals surface area contributed by atoms with Crippen molar-refractivity contribution in [3.8, 4) is 0 Å². The molecule has 3 N–H and O–H groups in total. The number of carbonyl (C=O) groups excluding carboxylic acids is 2. The van der Waals surface area contributed by atoms with Gasteiger partial charge in [0.15, 0.2) is 5.11 Å². The van der Waals surface area contributed by atoms with Crippen molar-refractivity contribution < 1.29 is 14.3 Å². The fraction of sp³-hybridized carbons (Fsp3) is 0.150. The second-order valence-corrected chi connectivity index (χ2v) is 6.47. The number of halogens is 1. The smallest absolute Gasteiger partial charge is 0.253 e. The van der Waals surface area contributed by atoms with E-state index >= 15 is 0 Å². The van der Waals surface area contributed by atoms with E-state index in [-0.39, 0.29) is 11.0 Å². The zero-order valence-electron chi connectivity index (χ0n) is 15.2. The van der Waals surface area contributed by atoms with E-state index < -0.39 is 5.91 Å². The van der Waals surface area contributed by atoms with Gasteiger partial charge in [0.05, 0.1) is 17.9 Å². The van der Waals surface area contributed by atoms with Crippen LogP contribution in [0.5, 0.6) is 0 Å². The molecule has 0 bridgehead atoms. The van der Waals surface area contributed by atoms with Crippen LogP contribution in [0.2, 0.25) is 5.02 Å². The SMILES string of the molecule is COCCNC(=O)c1ccccc1NC(=S)NC(=O)/C=C/c1ccc(Cl)cc1. The van der Waals surface area contributed by atoms with Crippen LogP contribution >= 0.6 is 23.8 Å². The fourth-order valence-corrected chi connectivity index (χ4v) is 2.54. The van der Waals surface area contributed by atoms with Gasteiger partial charge in [-0.2, -0.15) is 0 Å². The average Bonchev–Trinajstić information content (AvgIpc) is 2.68. The Labute approximate surface area is 173 Å². The number of nitrogens with one attached hydrogen (secondary N) is 3. The monoisotopic (exact) mass is 417 g/mol. The van der Waals surface area contributed by atoms with Gasteiger partial charge >= 0.3 is 0 Å². The molecule has 0 aliphatic heterocycles. The van der Waals surface area contributed by atoms with Crippen LogP contribution in [-0.4, -0.2) is 37.2 Å². The molecule has 0 aromatic heterocycles. The highest BCUT2D eigenvalue weighted by Crippen LogP contribution is 2.15. The zero-order chi connectivity index (χ0) is 20.4. The fourth-order valence-electron chi connectivity index (χ4n) is 2.20. The molecule has 28 heavy (non-hydrogen) atoms. The maximum absolute atomic E-state index is 12.3. The second-order valence-electron chi connectivity index (χ2n) is 5.62. The van der Waals surface area contributed by atoms with Gasteiger partial charge < -0.3 is 15.4 Å². The highest BCUT2D eigenvalue weighted by molar-refractivity contribution is 7.80. The van der Waals surface area contributed by atoms with Gasteiger partial charge in [-0.25, -0.2) is 0 Å². The summed E-state index contributed by atoms with van der Waals surface area (Å²) in [5.74, 6) is -0.661. The van der Waals surface area contributed by atoms with Gasteiger partial charge in [-0.1, -0.05) is 35.9 Å². The normalized spacial score (nSPS) is 10.5. The van der Waals surface area contributed by atoms with Crippen LogP contribution in [0.4, 0.5) is 5.69 Å². The second kappa shape index (κ2) is 11.2. The van der Waals surface area contributed by atoms with Crippen LogP contribution in [-0.2, 0) is 9.53 Å². The highest BCUT2D eigenvalue weighted by atomic mass is 35.5. The first-order valence-electron chi connectivity index (χ1n) is 8.41. The van der Waals surface area contributed by atoms with Crippen molar-refractivity contribution in [2.45, 2.75) is 0 Å². The van der Waals surface area contributed by atoms with Crippen LogP contribution in [0.25, 0.3) is 6.08 Å². The number of anilines is 1. The minimum absolute atomic E-state index is 0.0860. The molecule has 0 heterocycles. The van der Waals surface area contributed by atoms with E-state index in [1.54, 1.807) is 61.7 Å². The van der Waals surface area contributed by atoms with E-state index in [1.807, 2.05) is 0 Å². The molecule has 146 valence electrons. The summed E-state index contributed by atoms with van der Waals surface area (Å²) < 4.78 is 4.92. The van der Waals surface area contributed by atoms with Crippen LogP contribution in [0.15, 0.2) is 54.6 Å². The van der Waals surface area contributed by atoms with Crippen LogP contribution in [0, 0.1) is 0 Å². The molecule has 2 rings (SSSR count). The summed E-state index contributed by atoms with van der Waals surface area (Å²) in [7, 11) is 1.56. The molecule has 0 unspecified atom stereocenters. The Balaban J connectivity index is 1.94. The summed E-state index contributed by atoms with van der Waals surface area (Å²) in [5.41, 5.74) is 1.73. The third-order valence-corrected chi connectivity index (χ3v) is 4.00. The number of para-hydroxylation sites is 1. The zero-order valence-corrected chi connectivity index (χ0v) is 16.8. The first-order chi connectivity index (χ1) is 13.5. The number of benzene rings is 2. The van der Waals surface area contributed by atoms with E-state index in [9.17, 15) is 9.59 Å². The number of amides is 2. The van der Waals surface area contributed by atoms with Crippen LogP contribution < -0.4 is 16.0 Å². The standard InChI is InChI=1S/C20H20ClN3O3S/c1-27-13-12-22-19(26)16-4-2-3-5-17(16)23-20(28)24-18(25)11-8-14-6-9-15(21)10-7-14/h2-11H,12-13H2,1H3,(H,22,26)(H2,23,24,25,28)/b11-8+.